The summed E-state index contributed by atoms with van der Waals surface area (Å²) < 4.78 is 3.22. The van der Waals surface area contributed by atoms with E-state index >= 15 is 0 Å². The van der Waals surface area contributed by atoms with Gasteiger partial charge in [-0.25, -0.2) is 0 Å². The summed E-state index contributed by atoms with van der Waals surface area (Å²) in [7, 11) is 0. The normalized spacial score (nSPS) is 10.5. The minimum absolute atomic E-state index is 0. The first kappa shape index (κ1) is 39.4. The summed E-state index contributed by atoms with van der Waals surface area (Å²) in [6.07, 6.45) is 6.51. The molecular weight excluding hydrogens is 1040 g/mol. The number of hydrogen-bond acceptors (Lipinski definition) is 3. The van der Waals surface area contributed by atoms with Crippen molar-refractivity contribution in [3.8, 4) is 0 Å². The van der Waals surface area contributed by atoms with E-state index in [0.29, 0.717) is 0 Å². The van der Waals surface area contributed by atoms with Gasteiger partial charge in [-0.2, -0.15) is 0 Å². The van der Waals surface area contributed by atoms with Crippen molar-refractivity contribution in [3.63, 3.8) is 0 Å². The molecule has 0 amide bonds. The van der Waals surface area contributed by atoms with E-state index in [4.69, 9.17) is 0 Å². The molecule has 0 fully saturated rings. The van der Waals surface area contributed by atoms with Crippen LogP contribution in [0.15, 0.2) is 105 Å². The molecule has 6 aromatic rings. The number of benzene rings is 3. The molecule has 0 aliphatic carbocycles. The zero-order chi connectivity index (χ0) is 31.6. The highest BCUT2D eigenvalue weighted by molar-refractivity contribution is 15.0. The van der Waals surface area contributed by atoms with E-state index in [1.165, 1.54) is 32.8 Å². The van der Waals surface area contributed by atoms with Crippen LogP contribution >= 0.6 is 101 Å². The lowest BCUT2D eigenvalue weighted by Crippen LogP contribution is -2.10. The number of aromatic nitrogens is 3. The lowest BCUT2D eigenvalue weighted by molar-refractivity contribution is 0.591. The summed E-state index contributed by atoms with van der Waals surface area (Å²) in [4.78, 5) is 13.0. The largest absolute Gasteiger partial charge is 0.255 e. The first-order chi connectivity index (χ1) is 20.6. The maximum absolute atomic E-state index is 4.36. The van der Waals surface area contributed by atoms with E-state index in [2.05, 4.69) is 198 Å². The van der Waals surface area contributed by atoms with Gasteiger partial charge in [-0.15, -0.1) is 0 Å². The van der Waals surface area contributed by atoms with Gasteiger partial charge in [-0.3, -0.25) is 15.0 Å². The smallest absolute Gasteiger partial charge is 0.0844 e. The summed E-state index contributed by atoms with van der Waals surface area (Å²) >= 11 is 18.3. The van der Waals surface area contributed by atoms with E-state index in [1.54, 1.807) is 6.20 Å². The Hall–Kier alpha value is -0.730. The van der Waals surface area contributed by atoms with Crippen LogP contribution in [0.5, 0.6) is 0 Å². The number of alkyl halides is 1. The van der Waals surface area contributed by atoms with Gasteiger partial charge in [0.25, 0.3) is 0 Å². The van der Waals surface area contributed by atoms with Crippen LogP contribution in [-0.4, -0.2) is 15.0 Å². The second kappa shape index (κ2) is 19.2. The lowest BCUT2D eigenvalue weighted by Gasteiger charge is -2.20. The molecule has 3 heterocycles. The Morgan fingerprint density at radius 3 is 1.41 bits per heavy atom. The van der Waals surface area contributed by atoms with E-state index in [-0.39, 0.29) is 12.8 Å². The molecule has 6 rings (SSSR count). The van der Waals surface area contributed by atoms with Crippen LogP contribution in [-0.2, 0) is 17.2 Å². The van der Waals surface area contributed by atoms with Gasteiger partial charge in [0.2, 0.25) is 0 Å². The third kappa shape index (κ3) is 10.9. The van der Waals surface area contributed by atoms with Crippen LogP contribution in [0.2, 0.25) is 0 Å². The number of pyridine rings is 3. The minimum atomic E-state index is 0. The Kier molecular flexibility index (Phi) is 17.2. The number of hydrogen-bond donors (Lipinski definition) is 0. The third-order valence-electron chi connectivity index (χ3n) is 6.52. The summed E-state index contributed by atoms with van der Waals surface area (Å²) in [5.74, 6) is 0. The molecule has 0 bridgehead atoms. The number of fused-ring (bicyclic) bond motifs is 3. The molecule has 3 nitrogen and oxygen atoms in total. The molecular formula is C35H35Br4I2N3. The van der Waals surface area contributed by atoms with Gasteiger partial charge < -0.3 is 0 Å². The number of halogens is 6. The second-order valence-electron chi connectivity index (χ2n) is 10.6. The fourth-order valence-electron chi connectivity index (χ4n) is 4.27. The third-order valence-corrected chi connectivity index (χ3v) is 8.98. The molecule has 0 saturated carbocycles. The van der Waals surface area contributed by atoms with E-state index < -0.39 is 0 Å². The predicted molar refractivity (Wildman–Crippen MR) is 224 cm³/mol. The Balaban J connectivity index is 0.000000222. The van der Waals surface area contributed by atoms with Crippen LogP contribution in [0.1, 0.15) is 51.8 Å². The average molecular weight is 1070 g/mol. The van der Waals surface area contributed by atoms with Crippen molar-refractivity contribution in [1.29, 1.82) is 0 Å². The number of aryl methyl sites for hydroxylation is 1. The summed E-state index contributed by atoms with van der Waals surface area (Å²) in [6.45, 7) is 8.81. The molecule has 0 saturated heterocycles. The van der Waals surface area contributed by atoms with Gasteiger partial charge in [0, 0.05) is 90.7 Å². The van der Waals surface area contributed by atoms with Crippen LogP contribution in [0.25, 0.3) is 32.7 Å². The maximum atomic E-state index is 4.36. The van der Waals surface area contributed by atoms with E-state index in [9.17, 15) is 0 Å². The highest BCUT2D eigenvalue weighted by Gasteiger charge is 2.15. The summed E-state index contributed by atoms with van der Waals surface area (Å²) in [5.41, 5.74) is 7.19. The molecule has 0 spiro atoms. The first-order valence-corrected chi connectivity index (χ1v) is 23.2. The second-order valence-corrected chi connectivity index (χ2v) is 13.7. The Morgan fingerprint density at radius 1 is 0.614 bits per heavy atom. The molecule has 0 N–H and O–H groups in total. The van der Waals surface area contributed by atoms with Crippen molar-refractivity contribution < 1.29 is 0 Å². The highest BCUT2D eigenvalue weighted by Crippen LogP contribution is 2.30. The van der Waals surface area contributed by atoms with Crippen LogP contribution < -0.4 is 0 Å². The molecule has 3 aromatic carbocycles. The molecule has 232 valence electrons. The number of rotatable bonds is 2. The average Bonchev–Trinajstić information content (AvgIpc) is 3.02. The molecule has 0 unspecified atom stereocenters. The SMILES string of the molecule is BrCc1cc(Br)c2ncccc2c1.C.CC(C)(C)c1cc(Br)c2ncccc2c1.CCc1cc(Br)c2ncccc2c1.II. The van der Waals surface area contributed by atoms with Gasteiger partial charge in [-0.1, -0.05) is 69.3 Å². The van der Waals surface area contributed by atoms with Crippen molar-refractivity contribution in [3.05, 3.63) is 121 Å². The van der Waals surface area contributed by atoms with Crippen molar-refractivity contribution in [2.75, 3.05) is 0 Å². The van der Waals surface area contributed by atoms with Crippen LogP contribution in [0.4, 0.5) is 0 Å². The van der Waals surface area contributed by atoms with Crippen molar-refractivity contribution >= 4 is 134 Å². The topological polar surface area (TPSA) is 38.7 Å². The monoisotopic (exact) mass is 1070 g/mol. The quantitative estimate of drug-likeness (QED) is 0.128. The molecule has 3 aromatic heterocycles. The maximum Gasteiger partial charge on any atom is 0.0844 e. The Morgan fingerprint density at radius 2 is 1.00 bits per heavy atom. The zero-order valence-electron chi connectivity index (χ0n) is 24.2. The van der Waals surface area contributed by atoms with E-state index in [0.717, 1.165) is 41.7 Å². The van der Waals surface area contributed by atoms with Gasteiger partial charge in [-0.05, 0) is 131 Å². The van der Waals surface area contributed by atoms with Gasteiger partial charge >= 0.3 is 0 Å². The summed E-state index contributed by atoms with van der Waals surface area (Å²) in [5, 5.41) is 4.44. The van der Waals surface area contributed by atoms with Crippen molar-refractivity contribution in [2.24, 2.45) is 0 Å². The summed E-state index contributed by atoms with van der Waals surface area (Å²) in [6, 6.07) is 25.1. The molecule has 0 radical (unpaired) electrons. The minimum Gasteiger partial charge on any atom is -0.255 e. The Labute approximate surface area is 318 Å². The van der Waals surface area contributed by atoms with Crippen molar-refractivity contribution in [2.45, 2.75) is 52.3 Å². The molecule has 0 aliphatic heterocycles. The van der Waals surface area contributed by atoms with E-state index in [1.807, 2.05) is 30.6 Å². The fourth-order valence-corrected chi connectivity index (χ4v) is 6.43. The van der Waals surface area contributed by atoms with Gasteiger partial charge in [0.1, 0.15) is 0 Å². The zero-order valence-corrected chi connectivity index (χ0v) is 34.8. The van der Waals surface area contributed by atoms with Crippen molar-refractivity contribution in [1.82, 2.24) is 15.0 Å². The highest BCUT2D eigenvalue weighted by atomic mass is 128. The standard InChI is InChI=1S/C13H14BrN.C11H10BrN.C10H7Br2N.CH4.I2/c1-13(2,3)10-7-9-5-4-6-15-12(9)11(14)8-10;1-2-8-6-9-4-3-5-13-11(9)10(12)7-8;11-6-7-4-8-2-1-3-13-10(8)9(12)5-7;;1-2/h4-8H,1-3H3;3-7H,2H2,1H3;1-5H,6H2;1H4;. The van der Waals surface area contributed by atoms with Crippen LogP contribution in [0, 0.1) is 0 Å². The number of nitrogens with zero attached hydrogens (tertiary/aromatic N) is 3. The first-order valence-electron chi connectivity index (χ1n) is 13.4. The molecule has 44 heavy (non-hydrogen) atoms. The van der Waals surface area contributed by atoms with Gasteiger partial charge in [0.15, 0.2) is 0 Å². The van der Waals surface area contributed by atoms with Gasteiger partial charge in [0.05, 0.1) is 16.6 Å². The fraction of sp³-hybridized carbons (Fsp3) is 0.229. The predicted octanol–water partition coefficient (Wildman–Crippen LogP) is 14.2. The lowest BCUT2D eigenvalue weighted by atomic mass is 9.86. The van der Waals surface area contributed by atoms with Crippen LogP contribution in [0.3, 0.4) is 0 Å². The molecule has 9 heteroatoms. The molecule has 0 atom stereocenters. The Bertz CT molecular complexity index is 1720. The molecule has 0 aliphatic rings.